The van der Waals surface area contributed by atoms with Crippen LogP contribution in [0.5, 0.6) is 0 Å². The van der Waals surface area contributed by atoms with Gasteiger partial charge in [0.1, 0.15) is 6.04 Å². The molecule has 1 aliphatic rings. The minimum atomic E-state index is -0.318. The number of halogens is 1. The van der Waals surface area contributed by atoms with Crippen molar-refractivity contribution >= 4 is 24.2 Å². The van der Waals surface area contributed by atoms with Gasteiger partial charge in [0.25, 0.3) is 0 Å². The van der Waals surface area contributed by atoms with Gasteiger partial charge in [0.05, 0.1) is 0 Å². The van der Waals surface area contributed by atoms with Crippen LogP contribution in [0.1, 0.15) is 33.6 Å². The molecule has 1 unspecified atom stereocenters. The Morgan fingerprint density at radius 3 is 2.53 bits per heavy atom. The first-order valence-corrected chi connectivity index (χ1v) is 6.85. The topological polar surface area (TPSA) is 61.4 Å². The van der Waals surface area contributed by atoms with Crippen LogP contribution in [0, 0.1) is 5.92 Å². The third kappa shape index (κ3) is 5.37. The fraction of sp³-hybridized carbons (Fsp3) is 0.846. The first kappa shape index (κ1) is 18.2. The van der Waals surface area contributed by atoms with Crippen molar-refractivity contribution in [1.29, 1.82) is 0 Å². The van der Waals surface area contributed by atoms with Crippen LogP contribution < -0.4 is 10.6 Å². The number of nitrogens with zero attached hydrogens (tertiary/aromatic N) is 1. The van der Waals surface area contributed by atoms with Crippen LogP contribution in [-0.2, 0) is 9.59 Å². The van der Waals surface area contributed by atoms with Crippen molar-refractivity contribution in [2.75, 3.05) is 26.2 Å². The van der Waals surface area contributed by atoms with Gasteiger partial charge in [0.2, 0.25) is 11.8 Å². The van der Waals surface area contributed by atoms with Gasteiger partial charge in [-0.2, -0.15) is 0 Å². The van der Waals surface area contributed by atoms with Gasteiger partial charge >= 0.3 is 0 Å². The molecule has 112 valence electrons. The molecule has 6 heteroatoms. The molecule has 1 atom stereocenters. The molecule has 0 aromatic carbocycles. The normalized spacial score (nSPS) is 16.4. The number of rotatable bonds is 7. The average molecular weight is 292 g/mol. The molecular weight excluding hydrogens is 266 g/mol. The fourth-order valence-electron chi connectivity index (χ4n) is 2.32. The third-order valence-corrected chi connectivity index (χ3v) is 3.20. The highest BCUT2D eigenvalue weighted by atomic mass is 35.5. The zero-order valence-corrected chi connectivity index (χ0v) is 12.9. The van der Waals surface area contributed by atoms with Gasteiger partial charge in [-0.1, -0.05) is 20.8 Å². The summed E-state index contributed by atoms with van der Waals surface area (Å²) in [6.45, 7) is 8.98. The quantitative estimate of drug-likeness (QED) is 0.682. The van der Waals surface area contributed by atoms with Crippen molar-refractivity contribution in [1.82, 2.24) is 15.5 Å². The van der Waals surface area contributed by atoms with E-state index >= 15 is 0 Å². The van der Waals surface area contributed by atoms with Crippen molar-refractivity contribution < 1.29 is 9.59 Å². The van der Waals surface area contributed by atoms with Crippen LogP contribution in [0.4, 0.5) is 0 Å². The van der Waals surface area contributed by atoms with Crippen LogP contribution in [0.25, 0.3) is 0 Å². The van der Waals surface area contributed by atoms with E-state index in [1.807, 2.05) is 20.8 Å². The third-order valence-electron chi connectivity index (χ3n) is 3.20. The van der Waals surface area contributed by atoms with E-state index in [-0.39, 0.29) is 36.2 Å². The molecule has 0 spiro atoms. The SMILES string of the molecule is CCNCCNC(=O)C(C(C)C)N1CCCC1=O.Cl. The minimum absolute atomic E-state index is 0. The van der Waals surface area contributed by atoms with Crippen molar-refractivity contribution in [3.8, 4) is 0 Å². The maximum absolute atomic E-state index is 12.1. The average Bonchev–Trinajstić information content (AvgIpc) is 2.71. The molecule has 2 amide bonds. The Kier molecular flexibility index (Phi) is 8.76. The predicted molar refractivity (Wildman–Crippen MR) is 78.4 cm³/mol. The standard InChI is InChI=1S/C13H25N3O2.ClH/c1-4-14-7-8-15-13(18)12(10(2)3)16-9-5-6-11(16)17;/h10,12,14H,4-9H2,1-3H3,(H,15,18);1H. The summed E-state index contributed by atoms with van der Waals surface area (Å²) in [6, 6.07) is -0.318. The van der Waals surface area contributed by atoms with E-state index < -0.39 is 0 Å². The monoisotopic (exact) mass is 291 g/mol. The molecule has 0 aromatic heterocycles. The number of likely N-dealkylation sites (tertiary alicyclic amines) is 1. The molecule has 19 heavy (non-hydrogen) atoms. The Balaban J connectivity index is 0.00000324. The van der Waals surface area contributed by atoms with E-state index in [4.69, 9.17) is 0 Å². The van der Waals surface area contributed by atoms with Gasteiger partial charge in [-0.05, 0) is 18.9 Å². The molecule has 1 fully saturated rings. The van der Waals surface area contributed by atoms with Gasteiger partial charge < -0.3 is 15.5 Å². The lowest BCUT2D eigenvalue weighted by atomic mass is 10.0. The van der Waals surface area contributed by atoms with E-state index in [2.05, 4.69) is 10.6 Å². The van der Waals surface area contributed by atoms with Crippen molar-refractivity contribution in [3.05, 3.63) is 0 Å². The van der Waals surface area contributed by atoms with Gasteiger partial charge in [0.15, 0.2) is 0 Å². The Labute approximate surface area is 121 Å². The van der Waals surface area contributed by atoms with E-state index in [1.165, 1.54) is 0 Å². The maximum atomic E-state index is 12.1. The summed E-state index contributed by atoms with van der Waals surface area (Å²) in [5.41, 5.74) is 0. The minimum Gasteiger partial charge on any atom is -0.353 e. The summed E-state index contributed by atoms with van der Waals surface area (Å²) in [5, 5.41) is 6.06. The summed E-state index contributed by atoms with van der Waals surface area (Å²) in [7, 11) is 0. The molecule has 0 aliphatic carbocycles. The molecule has 1 saturated heterocycles. The molecule has 0 aromatic rings. The second-order valence-corrected chi connectivity index (χ2v) is 5.02. The lowest BCUT2D eigenvalue weighted by Gasteiger charge is -2.29. The largest absolute Gasteiger partial charge is 0.353 e. The zero-order chi connectivity index (χ0) is 13.5. The zero-order valence-electron chi connectivity index (χ0n) is 12.1. The summed E-state index contributed by atoms with van der Waals surface area (Å²) in [4.78, 5) is 25.6. The second kappa shape index (κ2) is 9.15. The highest BCUT2D eigenvalue weighted by molar-refractivity contribution is 5.88. The van der Waals surface area contributed by atoms with E-state index in [0.29, 0.717) is 19.5 Å². The van der Waals surface area contributed by atoms with E-state index in [0.717, 1.165) is 19.5 Å². The summed E-state index contributed by atoms with van der Waals surface area (Å²) < 4.78 is 0. The van der Waals surface area contributed by atoms with Crippen LogP contribution in [0.2, 0.25) is 0 Å². The Morgan fingerprint density at radius 1 is 1.37 bits per heavy atom. The van der Waals surface area contributed by atoms with Crippen molar-refractivity contribution in [3.63, 3.8) is 0 Å². The van der Waals surface area contributed by atoms with Gasteiger partial charge in [-0.3, -0.25) is 9.59 Å². The highest BCUT2D eigenvalue weighted by Gasteiger charge is 2.34. The molecular formula is C13H26ClN3O2. The first-order chi connectivity index (χ1) is 8.57. The molecule has 1 heterocycles. The van der Waals surface area contributed by atoms with Gasteiger partial charge in [-0.15, -0.1) is 12.4 Å². The fourth-order valence-corrected chi connectivity index (χ4v) is 2.32. The number of nitrogens with one attached hydrogen (secondary N) is 2. The molecule has 1 aliphatic heterocycles. The van der Waals surface area contributed by atoms with Gasteiger partial charge in [0, 0.05) is 26.1 Å². The summed E-state index contributed by atoms with van der Waals surface area (Å²) in [5.74, 6) is 0.222. The van der Waals surface area contributed by atoms with Crippen LogP contribution >= 0.6 is 12.4 Å². The molecule has 2 N–H and O–H groups in total. The van der Waals surface area contributed by atoms with Crippen LogP contribution in [0.15, 0.2) is 0 Å². The number of carbonyl (C=O) groups is 2. The molecule has 1 rings (SSSR count). The second-order valence-electron chi connectivity index (χ2n) is 5.02. The number of likely N-dealkylation sites (N-methyl/N-ethyl adjacent to an activating group) is 1. The Hall–Kier alpha value is -0.810. The lowest BCUT2D eigenvalue weighted by Crippen LogP contribution is -2.51. The number of hydrogen-bond acceptors (Lipinski definition) is 3. The Bertz CT molecular complexity index is 298. The number of hydrogen-bond donors (Lipinski definition) is 2. The first-order valence-electron chi connectivity index (χ1n) is 6.85. The van der Waals surface area contributed by atoms with Crippen molar-refractivity contribution in [2.45, 2.75) is 39.7 Å². The molecule has 0 bridgehead atoms. The highest BCUT2D eigenvalue weighted by Crippen LogP contribution is 2.19. The number of carbonyl (C=O) groups excluding carboxylic acids is 2. The van der Waals surface area contributed by atoms with Crippen LogP contribution in [0.3, 0.4) is 0 Å². The van der Waals surface area contributed by atoms with E-state index in [9.17, 15) is 9.59 Å². The molecule has 0 saturated carbocycles. The maximum Gasteiger partial charge on any atom is 0.243 e. The van der Waals surface area contributed by atoms with Crippen molar-refractivity contribution in [2.24, 2.45) is 5.92 Å². The smallest absolute Gasteiger partial charge is 0.243 e. The predicted octanol–water partition coefficient (Wildman–Crippen LogP) is 0.781. The van der Waals surface area contributed by atoms with E-state index in [1.54, 1.807) is 4.90 Å². The summed E-state index contributed by atoms with van der Waals surface area (Å²) in [6.07, 6.45) is 1.45. The lowest BCUT2D eigenvalue weighted by molar-refractivity contribution is -0.139. The van der Waals surface area contributed by atoms with Crippen LogP contribution in [-0.4, -0.2) is 48.9 Å². The molecule has 0 radical (unpaired) electrons. The summed E-state index contributed by atoms with van der Waals surface area (Å²) >= 11 is 0. The Morgan fingerprint density at radius 2 is 2.05 bits per heavy atom. The number of amides is 2. The molecule has 5 nitrogen and oxygen atoms in total. The van der Waals surface area contributed by atoms with Gasteiger partial charge in [-0.25, -0.2) is 0 Å².